The van der Waals surface area contributed by atoms with E-state index in [0.29, 0.717) is 0 Å². The Balaban J connectivity index is 1.98. The third-order valence-corrected chi connectivity index (χ3v) is 5.72. The molecule has 2 rings (SSSR count). The minimum Gasteiger partial charge on any atom is -0.296 e. The number of pyridine rings is 1. The van der Waals surface area contributed by atoms with E-state index in [0.717, 1.165) is 24.5 Å². The Bertz CT molecular complexity index is 585. The van der Waals surface area contributed by atoms with Gasteiger partial charge in [0, 0.05) is 18.8 Å². The second-order valence-electron chi connectivity index (χ2n) is 6.89. The Morgan fingerprint density at radius 2 is 1.62 bits per heavy atom. The van der Waals surface area contributed by atoms with Crippen LogP contribution >= 0.6 is 0 Å². The lowest BCUT2D eigenvalue weighted by atomic mass is 10.2. The third-order valence-electron chi connectivity index (χ3n) is 3.65. The maximum absolute atomic E-state index is 4.57. The van der Waals surface area contributed by atoms with Crippen molar-refractivity contribution in [3.63, 3.8) is 0 Å². The van der Waals surface area contributed by atoms with Crippen LogP contribution in [0.1, 0.15) is 17.0 Å². The molecular weight excluding hydrogens is 272 g/mol. The summed E-state index contributed by atoms with van der Waals surface area (Å²) in [5, 5.41) is 1.52. The van der Waals surface area contributed by atoms with Gasteiger partial charge in [0.05, 0.1) is 13.8 Å². The van der Waals surface area contributed by atoms with Crippen LogP contribution < -0.4 is 5.19 Å². The van der Waals surface area contributed by atoms with Crippen LogP contribution in [0, 0.1) is 6.92 Å². The van der Waals surface area contributed by atoms with Gasteiger partial charge in [0.25, 0.3) is 0 Å². The Morgan fingerprint density at radius 1 is 0.952 bits per heavy atom. The summed E-state index contributed by atoms with van der Waals surface area (Å²) in [5.41, 5.74) is 3.59. The van der Waals surface area contributed by atoms with Crippen molar-refractivity contribution in [2.24, 2.45) is 0 Å². The van der Waals surface area contributed by atoms with E-state index in [-0.39, 0.29) is 0 Å². The first kappa shape index (κ1) is 15.9. The zero-order valence-electron chi connectivity index (χ0n) is 13.9. The highest BCUT2D eigenvalue weighted by Gasteiger charge is 2.15. The van der Waals surface area contributed by atoms with Crippen LogP contribution in [0.25, 0.3) is 0 Å². The van der Waals surface area contributed by atoms with E-state index in [1.807, 2.05) is 13.0 Å². The van der Waals surface area contributed by atoms with Crippen molar-refractivity contribution in [1.82, 2.24) is 9.88 Å². The first-order valence-corrected chi connectivity index (χ1v) is 11.0. The Morgan fingerprint density at radius 3 is 2.19 bits per heavy atom. The number of aromatic nitrogens is 1. The average molecular weight is 299 g/mol. The zero-order valence-corrected chi connectivity index (χ0v) is 14.9. The maximum atomic E-state index is 4.57. The van der Waals surface area contributed by atoms with Gasteiger partial charge in [-0.2, -0.15) is 0 Å². The van der Waals surface area contributed by atoms with Crippen LogP contribution in [0.5, 0.6) is 0 Å². The van der Waals surface area contributed by atoms with E-state index < -0.39 is 8.07 Å². The topological polar surface area (TPSA) is 16.1 Å². The van der Waals surface area contributed by atoms with E-state index in [1.54, 1.807) is 0 Å². The van der Waals surface area contributed by atoms with Crippen LogP contribution in [0.2, 0.25) is 19.6 Å². The summed E-state index contributed by atoms with van der Waals surface area (Å²) in [5.74, 6) is 0. The molecule has 0 aliphatic heterocycles. The predicted molar refractivity (Wildman–Crippen MR) is 93.6 cm³/mol. The fraction of sp³-hybridized carbons (Fsp3) is 0.389. The van der Waals surface area contributed by atoms with E-state index in [1.165, 1.54) is 10.8 Å². The van der Waals surface area contributed by atoms with Crippen LogP contribution in [-0.4, -0.2) is 25.0 Å². The van der Waals surface area contributed by atoms with Gasteiger partial charge in [-0.1, -0.05) is 55.2 Å². The van der Waals surface area contributed by atoms with Crippen LogP contribution in [0.3, 0.4) is 0 Å². The number of hydrogen-bond acceptors (Lipinski definition) is 2. The molecule has 0 amide bonds. The molecule has 0 bridgehead atoms. The van der Waals surface area contributed by atoms with Crippen LogP contribution in [0.15, 0.2) is 42.5 Å². The minimum atomic E-state index is -1.19. The van der Waals surface area contributed by atoms with Crippen molar-refractivity contribution in [3.05, 3.63) is 59.4 Å². The second kappa shape index (κ2) is 6.54. The van der Waals surface area contributed by atoms with Gasteiger partial charge in [-0.15, -0.1) is 0 Å². The maximum Gasteiger partial charge on any atom is 0.0775 e. The molecule has 0 spiro atoms. The minimum absolute atomic E-state index is 0.886. The van der Waals surface area contributed by atoms with E-state index >= 15 is 0 Å². The van der Waals surface area contributed by atoms with Gasteiger partial charge in [0.1, 0.15) is 0 Å². The highest BCUT2D eigenvalue weighted by molar-refractivity contribution is 6.88. The normalized spacial score (nSPS) is 11.9. The quantitative estimate of drug-likeness (QED) is 0.785. The summed E-state index contributed by atoms with van der Waals surface area (Å²) in [6, 6.07) is 15.4. The SMILES string of the molecule is Cc1cccc(CN(C)Cc2ccc([Si](C)(C)C)cc2)n1. The molecule has 1 aromatic heterocycles. The lowest BCUT2D eigenvalue weighted by molar-refractivity contribution is 0.315. The molecule has 0 fully saturated rings. The monoisotopic (exact) mass is 298 g/mol. The third kappa shape index (κ3) is 4.79. The van der Waals surface area contributed by atoms with Gasteiger partial charge in [-0.25, -0.2) is 0 Å². The molecule has 1 aromatic carbocycles. The average Bonchev–Trinajstić information content (AvgIpc) is 2.38. The molecule has 1 heterocycles. The Hall–Kier alpha value is -1.45. The molecule has 0 atom stereocenters. The molecule has 0 saturated heterocycles. The van der Waals surface area contributed by atoms with Gasteiger partial charge >= 0.3 is 0 Å². The highest BCUT2D eigenvalue weighted by atomic mass is 28.3. The summed E-state index contributed by atoms with van der Waals surface area (Å²) >= 11 is 0. The summed E-state index contributed by atoms with van der Waals surface area (Å²) in [7, 11) is 0.962. The molecule has 112 valence electrons. The largest absolute Gasteiger partial charge is 0.296 e. The van der Waals surface area contributed by atoms with Crippen molar-refractivity contribution < 1.29 is 0 Å². The zero-order chi connectivity index (χ0) is 15.5. The van der Waals surface area contributed by atoms with Crippen molar-refractivity contribution in [1.29, 1.82) is 0 Å². The Labute approximate surface area is 129 Å². The summed E-state index contributed by atoms with van der Waals surface area (Å²) in [4.78, 5) is 6.88. The highest BCUT2D eigenvalue weighted by Crippen LogP contribution is 2.09. The van der Waals surface area contributed by atoms with Gasteiger partial charge in [-0.05, 0) is 31.7 Å². The standard InChI is InChI=1S/C18H26N2Si/c1-15-7-6-8-17(19-15)14-20(2)13-16-9-11-18(12-10-16)21(3,4)5/h6-12H,13-14H2,1-5H3. The summed E-state index contributed by atoms with van der Waals surface area (Å²) < 4.78 is 0. The van der Waals surface area contributed by atoms with Crippen LogP contribution in [0.4, 0.5) is 0 Å². The summed E-state index contributed by atoms with van der Waals surface area (Å²) in [6.45, 7) is 11.0. The van der Waals surface area contributed by atoms with Crippen molar-refractivity contribution in [3.8, 4) is 0 Å². The van der Waals surface area contributed by atoms with Crippen molar-refractivity contribution in [2.75, 3.05) is 7.05 Å². The van der Waals surface area contributed by atoms with Gasteiger partial charge < -0.3 is 0 Å². The van der Waals surface area contributed by atoms with Crippen molar-refractivity contribution >= 4 is 13.3 Å². The smallest absolute Gasteiger partial charge is 0.0775 e. The summed E-state index contributed by atoms with van der Waals surface area (Å²) in [6.07, 6.45) is 0. The number of hydrogen-bond donors (Lipinski definition) is 0. The molecule has 0 radical (unpaired) electrons. The van der Waals surface area contributed by atoms with Gasteiger partial charge in [-0.3, -0.25) is 9.88 Å². The molecule has 0 saturated carbocycles. The van der Waals surface area contributed by atoms with E-state index in [9.17, 15) is 0 Å². The Kier molecular flexibility index (Phi) is 4.96. The number of rotatable bonds is 5. The molecular formula is C18H26N2Si. The lowest BCUT2D eigenvalue weighted by Crippen LogP contribution is -2.37. The van der Waals surface area contributed by atoms with Crippen LogP contribution in [-0.2, 0) is 13.1 Å². The van der Waals surface area contributed by atoms with Gasteiger partial charge in [0.15, 0.2) is 0 Å². The number of benzene rings is 1. The molecule has 2 nitrogen and oxygen atoms in total. The molecule has 21 heavy (non-hydrogen) atoms. The number of aryl methyl sites for hydroxylation is 1. The molecule has 0 unspecified atom stereocenters. The van der Waals surface area contributed by atoms with Crippen molar-refractivity contribution in [2.45, 2.75) is 39.7 Å². The second-order valence-corrected chi connectivity index (χ2v) is 12.0. The molecule has 2 aromatic rings. The van der Waals surface area contributed by atoms with E-state index in [2.05, 4.69) is 73.0 Å². The molecule has 3 heteroatoms. The first-order chi connectivity index (χ1) is 9.84. The van der Waals surface area contributed by atoms with Gasteiger partial charge in [0.2, 0.25) is 0 Å². The molecule has 0 N–H and O–H groups in total. The predicted octanol–water partition coefficient (Wildman–Crippen LogP) is 3.57. The van der Waals surface area contributed by atoms with E-state index in [4.69, 9.17) is 0 Å². The fourth-order valence-electron chi connectivity index (χ4n) is 2.44. The molecule has 0 aliphatic carbocycles. The first-order valence-electron chi connectivity index (χ1n) is 7.55. The molecule has 0 aliphatic rings. The number of nitrogens with zero attached hydrogens (tertiary/aromatic N) is 2. The fourth-order valence-corrected chi connectivity index (χ4v) is 3.61. The lowest BCUT2D eigenvalue weighted by Gasteiger charge is -2.19.